The average Bonchev–Trinajstić information content (AvgIpc) is 2.87. The number of hydrogen-bond acceptors (Lipinski definition) is 3. The molecule has 1 aromatic carbocycles. The minimum absolute atomic E-state index is 0.230. The van der Waals surface area contributed by atoms with Crippen molar-refractivity contribution in [1.82, 2.24) is 19.5 Å². The number of H-pyrrole nitrogens is 2. The molecule has 0 unspecified atom stereocenters. The molecule has 0 aliphatic rings. The first kappa shape index (κ1) is 13.3. The van der Waals surface area contributed by atoms with Gasteiger partial charge in [0.25, 0.3) is 5.56 Å². The highest BCUT2D eigenvalue weighted by atomic mass is 19.1. The van der Waals surface area contributed by atoms with Crippen LogP contribution >= 0.6 is 0 Å². The van der Waals surface area contributed by atoms with Gasteiger partial charge in [0.05, 0.1) is 0 Å². The van der Waals surface area contributed by atoms with E-state index < -0.39 is 11.2 Å². The van der Waals surface area contributed by atoms with Crippen molar-refractivity contribution in [3.8, 4) is 11.4 Å². The maximum atomic E-state index is 13.3. The van der Waals surface area contributed by atoms with Gasteiger partial charge in [0.1, 0.15) is 17.2 Å². The SMILES string of the molecule is CCn1c(=O)[nH]c(=O)c2[nH]c(-c3ccc(F)c(C)c3)nc21. The number of hydrogen-bond donors (Lipinski definition) is 2. The summed E-state index contributed by atoms with van der Waals surface area (Å²) < 4.78 is 14.7. The molecular weight excluding hydrogens is 275 g/mol. The third-order valence-electron chi connectivity index (χ3n) is 3.38. The van der Waals surface area contributed by atoms with E-state index >= 15 is 0 Å². The lowest BCUT2D eigenvalue weighted by molar-refractivity contribution is 0.618. The lowest BCUT2D eigenvalue weighted by atomic mass is 10.1. The standard InChI is InChI=1S/C14H13FN4O2/c1-3-19-12-10(13(20)18-14(19)21)16-11(17-12)8-4-5-9(15)7(2)6-8/h4-6H,3H2,1-2H3,(H,16,17)(H,18,20,21). The molecule has 0 aliphatic heterocycles. The first-order chi connectivity index (χ1) is 10.0. The zero-order valence-corrected chi connectivity index (χ0v) is 11.5. The molecule has 108 valence electrons. The van der Waals surface area contributed by atoms with E-state index in [4.69, 9.17) is 0 Å². The maximum Gasteiger partial charge on any atom is 0.330 e. The van der Waals surface area contributed by atoms with Crippen molar-refractivity contribution in [2.24, 2.45) is 0 Å². The van der Waals surface area contributed by atoms with Gasteiger partial charge in [-0.1, -0.05) is 0 Å². The van der Waals surface area contributed by atoms with Crippen LogP contribution in [0.4, 0.5) is 4.39 Å². The summed E-state index contributed by atoms with van der Waals surface area (Å²) in [5, 5.41) is 0. The summed E-state index contributed by atoms with van der Waals surface area (Å²) in [6.07, 6.45) is 0. The molecule has 0 amide bonds. The zero-order chi connectivity index (χ0) is 15.1. The molecule has 2 aromatic heterocycles. The van der Waals surface area contributed by atoms with Crippen LogP contribution in [0.25, 0.3) is 22.6 Å². The summed E-state index contributed by atoms with van der Waals surface area (Å²) in [6.45, 7) is 3.82. The number of imidazole rings is 1. The fourth-order valence-electron chi connectivity index (χ4n) is 2.26. The van der Waals surface area contributed by atoms with Crippen LogP contribution in [-0.4, -0.2) is 19.5 Å². The Balaban J connectivity index is 2.30. The van der Waals surface area contributed by atoms with E-state index in [9.17, 15) is 14.0 Å². The number of nitrogens with zero attached hydrogens (tertiary/aromatic N) is 2. The molecule has 0 saturated carbocycles. The Labute approximate surface area is 118 Å². The number of aryl methyl sites for hydroxylation is 2. The van der Waals surface area contributed by atoms with Crippen molar-refractivity contribution in [2.75, 3.05) is 0 Å². The van der Waals surface area contributed by atoms with Gasteiger partial charge < -0.3 is 4.98 Å². The normalized spacial score (nSPS) is 11.2. The van der Waals surface area contributed by atoms with Crippen LogP contribution in [-0.2, 0) is 6.54 Å². The number of halogens is 1. The van der Waals surface area contributed by atoms with Gasteiger partial charge in [-0.05, 0) is 37.6 Å². The Morgan fingerprint density at radius 2 is 2.05 bits per heavy atom. The topological polar surface area (TPSA) is 83.5 Å². The monoisotopic (exact) mass is 288 g/mol. The smallest absolute Gasteiger partial charge is 0.330 e. The van der Waals surface area contributed by atoms with Crippen molar-refractivity contribution in [2.45, 2.75) is 20.4 Å². The van der Waals surface area contributed by atoms with Crippen LogP contribution < -0.4 is 11.2 Å². The van der Waals surface area contributed by atoms with Gasteiger partial charge in [-0.15, -0.1) is 0 Å². The second-order valence-corrected chi connectivity index (χ2v) is 4.75. The summed E-state index contributed by atoms with van der Waals surface area (Å²) in [4.78, 5) is 33.0. The second-order valence-electron chi connectivity index (χ2n) is 4.75. The van der Waals surface area contributed by atoms with Crippen LogP contribution in [0.15, 0.2) is 27.8 Å². The average molecular weight is 288 g/mol. The van der Waals surface area contributed by atoms with Crippen LogP contribution in [0, 0.1) is 12.7 Å². The largest absolute Gasteiger partial charge is 0.332 e. The van der Waals surface area contributed by atoms with Gasteiger partial charge in [0.15, 0.2) is 5.65 Å². The van der Waals surface area contributed by atoms with E-state index in [1.54, 1.807) is 26.0 Å². The van der Waals surface area contributed by atoms with Gasteiger partial charge in [0, 0.05) is 12.1 Å². The first-order valence-corrected chi connectivity index (χ1v) is 6.50. The molecule has 0 radical (unpaired) electrons. The van der Waals surface area contributed by atoms with Gasteiger partial charge in [-0.2, -0.15) is 0 Å². The molecule has 3 rings (SSSR count). The molecule has 2 N–H and O–H groups in total. The number of aromatic amines is 2. The van der Waals surface area contributed by atoms with Gasteiger partial charge in [-0.25, -0.2) is 14.2 Å². The molecule has 0 aliphatic carbocycles. The minimum atomic E-state index is -0.516. The predicted molar refractivity (Wildman–Crippen MR) is 76.8 cm³/mol. The van der Waals surface area contributed by atoms with Gasteiger partial charge in [0.2, 0.25) is 0 Å². The first-order valence-electron chi connectivity index (χ1n) is 6.50. The summed E-state index contributed by atoms with van der Waals surface area (Å²) in [7, 11) is 0. The highest BCUT2D eigenvalue weighted by Gasteiger charge is 2.13. The van der Waals surface area contributed by atoms with Gasteiger partial charge in [-0.3, -0.25) is 14.3 Å². The van der Waals surface area contributed by atoms with E-state index in [1.165, 1.54) is 10.6 Å². The number of rotatable bonds is 2. The lowest BCUT2D eigenvalue weighted by Gasteiger charge is -2.00. The summed E-state index contributed by atoms with van der Waals surface area (Å²) in [5.74, 6) is 0.115. The van der Waals surface area contributed by atoms with Crippen LogP contribution in [0.2, 0.25) is 0 Å². The summed E-state index contributed by atoms with van der Waals surface area (Å²) in [5.41, 5.74) is 0.645. The quantitative estimate of drug-likeness (QED) is 0.750. The number of aromatic nitrogens is 4. The molecule has 3 aromatic rings. The molecule has 0 saturated heterocycles. The van der Waals surface area contributed by atoms with Crippen molar-refractivity contribution < 1.29 is 4.39 Å². The van der Waals surface area contributed by atoms with Crippen molar-refractivity contribution in [1.29, 1.82) is 0 Å². The van der Waals surface area contributed by atoms with E-state index in [1.807, 2.05) is 0 Å². The Kier molecular flexibility index (Phi) is 2.97. The van der Waals surface area contributed by atoms with Gasteiger partial charge >= 0.3 is 5.69 Å². The summed E-state index contributed by atoms with van der Waals surface area (Å²) in [6, 6.07) is 4.55. The number of fused-ring (bicyclic) bond motifs is 1. The van der Waals surface area contributed by atoms with Crippen molar-refractivity contribution in [3.05, 3.63) is 50.4 Å². The van der Waals surface area contributed by atoms with Crippen molar-refractivity contribution >= 4 is 11.2 Å². The molecule has 7 heteroatoms. The molecular formula is C14H13FN4O2. The number of nitrogens with one attached hydrogen (secondary N) is 2. The highest BCUT2D eigenvalue weighted by Crippen LogP contribution is 2.20. The molecule has 6 nitrogen and oxygen atoms in total. The lowest BCUT2D eigenvalue weighted by Crippen LogP contribution is -2.29. The fraction of sp³-hybridized carbons (Fsp3) is 0.214. The molecule has 2 heterocycles. The maximum absolute atomic E-state index is 13.3. The fourth-order valence-corrected chi connectivity index (χ4v) is 2.26. The van der Waals surface area contributed by atoms with Crippen molar-refractivity contribution in [3.63, 3.8) is 0 Å². The molecule has 0 spiro atoms. The third-order valence-corrected chi connectivity index (χ3v) is 3.38. The Bertz CT molecular complexity index is 952. The second kappa shape index (κ2) is 4.69. The summed E-state index contributed by atoms with van der Waals surface area (Å²) >= 11 is 0. The third kappa shape index (κ3) is 2.06. The minimum Gasteiger partial charge on any atom is -0.332 e. The molecule has 21 heavy (non-hydrogen) atoms. The molecule has 0 bridgehead atoms. The highest BCUT2D eigenvalue weighted by molar-refractivity contribution is 5.75. The van der Waals surface area contributed by atoms with Crippen LogP contribution in [0.3, 0.4) is 0 Å². The van der Waals surface area contributed by atoms with E-state index in [0.717, 1.165) is 0 Å². The predicted octanol–water partition coefficient (Wildman–Crippen LogP) is 1.55. The Morgan fingerprint density at radius 3 is 2.71 bits per heavy atom. The molecule has 0 atom stereocenters. The van der Waals surface area contributed by atoms with Crippen LogP contribution in [0.1, 0.15) is 12.5 Å². The number of benzene rings is 1. The Morgan fingerprint density at radius 1 is 1.29 bits per heavy atom. The van der Waals surface area contributed by atoms with Crippen LogP contribution in [0.5, 0.6) is 0 Å². The Hall–Kier alpha value is -2.70. The zero-order valence-electron chi connectivity index (χ0n) is 11.5. The molecule has 0 fully saturated rings. The van der Waals surface area contributed by atoms with E-state index in [0.29, 0.717) is 29.1 Å². The van der Waals surface area contributed by atoms with E-state index in [2.05, 4.69) is 15.0 Å². The van der Waals surface area contributed by atoms with E-state index in [-0.39, 0.29) is 11.3 Å².